The molecule has 1 saturated heterocycles. The van der Waals surface area contributed by atoms with Gasteiger partial charge in [0.25, 0.3) is 5.56 Å². The number of rotatable bonds is 2. The predicted molar refractivity (Wildman–Crippen MR) is 92.1 cm³/mol. The zero-order valence-corrected chi connectivity index (χ0v) is 13.8. The lowest BCUT2D eigenvalue weighted by Gasteiger charge is -2.27. The lowest BCUT2D eigenvalue weighted by molar-refractivity contribution is 0.192. The Kier molecular flexibility index (Phi) is 4.09. The first-order chi connectivity index (χ1) is 12.2. The highest BCUT2D eigenvalue weighted by molar-refractivity contribution is 5.75. The van der Waals surface area contributed by atoms with Crippen LogP contribution in [0.2, 0.25) is 0 Å². The van der Waals surface area contributed by atoms with Crippen LogP contribution >= 0.6 is 0 Å². The van der Waals surface area contributed by atoms with Gasteiger partial charge in [-0.15, -0.1) is 0 Å². The molecular formula is C17H20N6O2. The number of nitrogens with one attached hydrogen (secondary N) is 2. The Morgan fingerprint density at radius 3 is 3.12 bits per heavy atom. The molecule has 2 aromatic heterocycles. The molecule has 2 amide bonds. The van der Waals surface area contributed by atoms with Crippen LogP contribution in [0.1, 0.15) is 24.2 Å². The number of hydrogen-bond acceptors (Lipinski definition) is 5. The third-order valence-electron chi connectivity index (χ3n) is 4.77. The fourth-order valence-corrected chi connectivity index (χ4v) is 3.56. The Labute approximate surface area is 144 Å². The van der Waals surface area contributed by atoms with E-state index in [4.69, 9.17) is 0 Å². The normalized spacial score (nSPS) is 19.1. The molecule has 0 unspecified atom stereocenters. The summed E-state index contributed by atoms with van der Waals surface area (Å²) in [5.74, 6) is 0. The van der Waals surface area contributed by atoms with Crippen LogP contribution in [0.15, 0.2) is 35.3 Å². The molecule has 130 valence electrons. The number of urea groups is 1. The molecule has 2 N–H and O–H groups in total. The minimum atomic E-state index is -0.258. The maximum Gasteiger partial charge on any atom is 0.318 e. The number of fused-ring (bicyclic) bond motifs is 3. The van der Waals surface area contributed by atoms with Gasteiger partial charge in [-0.1, -0.05) is 0 Å². The molecule has 1 fully saturated rings. The van der Waals surface area contributed by atoms with Crippen LogP contribution in [0.4, 0.5) is 10.5 Å². The Bertz CT molecular complexity index is 815. The highest BCUT2D eigenvalue weighted by Gasteiger charge is 2.33. The van der Waals surface area contributed by atoms with Crippen molar-refractivity contribution in [3.8, 4) is 0 Å². The van der Waals surface area contributed by atoms with Crippen molar-refractivity contribution in [2.75, 3.05) is 18.0 Å². The Balaban J connectivity index is 1.49. The molecule has 8 heteroatoms. The average molecular weight is 340 g/mol. The summed E-state index contributed by atoms with van der Waals surface area (Å²) in [7, 11) is 0. The zero-order chi connectivity index (χ0) is 17.2. The van der Waals surface area contributed by atoms with E-state index in [1.165, 1.54) is 6.07 Å². The van der Waals surface area contributed by atoms with Crippen molar-refractivity contribution in [3.63, 3.8) is 0 Å². The Morgan fingerprint density at radius 2 is 2.28 bits per heavy atom. The number of carbonyl (C=O) groups excluding carboxylic acids is 1. The summed E-state index contributed by atoms with van der Waals surface area (Å²) in [6, 6.07) is 7.24. The number of aromatic amines is 1. The smallest absolute Gasteiger partial charge is 0.318 e. The zero-order valence-electron chi connectivity index (χ0n) is 13.8. The van der Waals surface area contributed by atoms with E-state index in [1.54, 1.807) is 12.3 Å². The predicted octanol–water partition coefficient (Wildman–Crippen LogP) is 0.859. The van der Waals surface area contributed by atoms with Crippen molar-refractivity contribution < 1.29 is 4.79 Å². The number of nitrogens with zero attached hydrogens (tertiary/aromatic N) is 4. The van der Waals surface area contributed by atoms with Gasteiger partial charge in [0.1, 0.15) is 0 Å². The maximum absolute atomic E-state index is 12.7. The highest BCUT2D eigenvalue weighted by Crippen LogP contribution is 2.31. The van der Waals surface area contributed by atoms with Crippen LogP contribution in [0.3, 0.4) is 0 Å². The van der Waals surface area contributed by atoms with Crippen molar-refractivity contribution in [2.24, 2.45) is 0 Å². The highest BCUT2D eigenvalue weighted by atomic mass is 16.2. The van der Waals surface area contributed by atoms with E-state index in [-0.39, 0.29) is 18.1 Å². The number of aromatic nitrogens is 3. The standard InChI is InChI=1S/C17H20N6O2/c24-16-6-5-12(20-21-16)9-19-17(25)22-10-13-3-2-8-23(13)15-4-1-7-18-14(15)11-22/h1,4-7,13H,2-3,8-11H2,(H,19,25)(H,21,24)/t13-/m0/s1. The number of amides is 2. The molecule has 2 aromatic rings. The summed E-state index contributed by atoms with van der Waals surface area (Å²) < 4.78 is 0. The van der Waals surface area contributed by atoms with Gasteiger partial charge < -0.3 is 15.1 Å². The van der Waals surface area contributed by atoms with Crippen molar-refractivity contribution in [1.29, 1.82) is 0 Å². The van der Waals surface area contributed by atoms with Crippen LogP contribution in [-0.2, 0) is 13.1 Å². The number of pyridine rings is 1. The third kappa shape index (κ3) is 3.19. The van der Waals surface area contributed by atoms with Crippen LogP contribution in [0.5, 0.6) is 0 Å². The quantitative estimate of drug-likeness (QED) is 0.846. The molecule has 0 aliphatic carbocycles. The minimum Gasteiger partial charge on any atom is -0.365 e. The van der Waals surface area contributed by atoms with E-state index in [0.29, 0.717) is 24.8 Å². The van der Waals surface area contributed by atoms with E-state index < -0.39 is 0 Å². The van der Waals surface area contributed by atoms with Crippen molar-refractivity contribution >= 4 is 11.7 Å². The van der Waals surface area contributed by atoms with Crippen LogP contribution in [0.25, 0.3) is 0 Å². The molecule has 2 aliphatic heterocycles. The van der Waals surface area contributed by atoms with Crippen molar-refractivity contribution in [3.05, 3.63) is 52.2 Å². The topological polar surface area (TPSA) is 94.2 Å². The molecule has 0 radical (unpaired) electrons. The number of H-pyrrole nitrogens is 1. The van der Waals surface area contributed by atoms with Gasteiger partial charge in [0.2, 0.25) is 0 Å². The first-order valence-electron chi connectivity index (χ1n) is 8.48. The van der Waals surface area contributed by atoms with Crippen LogP contribution in [-0.4, -0.2) is 45.2 Å². The van der Waals surface area contributed by atoms with E-state index in [1.807, 2.05) is 11.0 Å². The first-order valence-corrected chi connectivity index (χ1v) is 8.48. The molecule has 0 saturated carbocycles. The fraction of sp³-hybridized carbons (Fsp3) is 0.412. The Morgan fingerprint density at radius 1 is 1.36 bits per heavy atom. The maximum atomic E-state index is 12.7. The number of anilines is 1. The van der Waals surface area contributed by atoms with E-state index in [9.17, 15) is 9.59 Å². The summed E-state index contributed by atoms with van der Waals surface area (Å²) in [5, 5.41) is 9.16. The van der Waals surface area contributed by atoms with Gasteiger partial charge in [0, 0.05) is 31.4 Å². The minimum absolute atomic E-state index is 0.140. The van der Waals surface area contributed by atoms with Crippen molar-refractivity contribution in [1.82, 2.24) is 25.4 Å². The first kappa shape index (κ1) is 15.6. The monoisotopic (exact) mass is 340 g/mol. The largest absolute Gasteiger partial charge is 0.365 e. The molecule has 4 heterocycles. The van der Waals surface area contributed by atoms with Gasteiger partial charge in [0.15, 0.2) is 0 Å². The molecule has 25 heavy (non-hydrogen) atoms. The molecule has 1 atom stereocenters. The SMILES string of the molecule is O=C(NCc1ccc(=O)[nH]n1)N1Cc2ncccc2N2CCC[C@H]2C1. The number of carbonyl (C=O) groups is 1. The van der Waals surface area contributed by atoms with Gasteiger partial charge in [0.05, 0.1) is 30.2 Å². The van der Waals surface area contributed by atoms with Crippen LogP contribution in [0, 0.1) is 0 Å². The summed E-state index contributed by atoms with van der Waals surface area (Å²) in [4.78, 5) is 32.4. The van der Waals surface area contributed by atoms with Gasteiger partial charge >= 0.3 is 6.03 Å². The van der Waals surface area contributed by atoms with Gasteiger partial charge in [-0.05, 0) is 31.0 Å². The molecule has 4 rings (SSSR count). The number of hydrogen-bond donors (Lipinski definition) is 2. The average Bonchev–Trinajstić information content (AvgIpc) is 3.03. The molecule has 0 aromatic carbocycles. The summed E-state index contributed by atoms with van der Waals surface area (Å²) >= 11 is 0. The lowest BCUT2D eigenvalue weighted by Crippen LogP contribution is -2.44. The second-order valence-corrected chi connectivity index (χ2v) is 6.41. The van der Waals surface area contributed by atoms with Crippen molar-refractivity contribution in [2.45, 2.75) is 32.0 Å². The fourth-order valence-electron chi connectivity index (χ4n) is 3.56. The second kappa shape index (κ2) is 6.54. The van der Waals surface area contributed by atoms with Crippen LogP contribution < -0.4 is 15.8 Å². The van der Waals surface area contributed by atoms with E-state index in [0.717, 1.165) is 30.8 Å². The van der Waals surface area contributed by atoms with Gasteiger partial charge in [-0.3, -0.25) is 9.78 Å². The van der Waals surface area contributed by atoms with E-state index in [2.05, 4.69) is 31.5 Å². The van der Waals surface area contributed by atoms with Gasteiger partial charge in [-0.25, -0.2) is 9.89 Å². The molecule has 0 spiro atoms. The van der Waals surface area contributed by atoms with Gasteiger partial charge in [-0.2, -0.15) is 5.10 Å². The lowest BCUT2D eigenvalue weighted by atomic mass is 10.2. The molecular weight excluding hydrogens is 320 g/mol. The Hall–Kier alpha value is -2.90. The van der Waals surface area contributed by atoms with E-state index >= 15 is 0 Å². The summed E-state index contributed by atoms with van der Waals surface area (Å²) in [6.45, 7) is 2.46. The summed E-state index contributed by atoms with van der Waals surface area (Å²) in [5.41, 5.74) is 2.43. The molecule has 8 nitrogen and oxygen atoms in total. The third-order valence-corrected chi connectivity index (χ3v) is 4.77. The summed E-state index contributed by atoms with van der Waals surface area (Å²) in [6.07, 6.45) is 3.99. The molecule has 2 aliphatic rings. The molecule has 0 bridgehead atoms. The second-order valence-electron chi connectivity index (χ2n) is 6.41.